The molecule has 0 radical (unpaired) electrons. The molecule has 20 heavy (non-hydrogen) atoms. The molecule has 0 spiro atoms. The van der Waals surface area contributed by atoms with Crippen LogP contribution in [-0.4, -0.2) is 12.7 Å². The van der Waals surface area contributed by atoms with Gasteiger partial charge in [-0.3, -0.25) is 4.74 Å². The summed E-state index contributed by atoms with van der Waals surface area (Å²) in [6.07, 6.45) is 5.38. The van der Waals surface area contributed by atoms with Crippen molar-refractivity contribution in [3.8, 4) is 0 Å². The first kappa shape index (κ1) is 13.6. The van der Waals surface area contributed by atoms with Crippen LogP contribution in [0.5, 0.6) is 0 Å². The highest BCUT2D eigenvalue weighted by molar-refractivity contribution is 7.81. The van der Waals surface area contributed by atoms with Crippen LogP contribution < -0.4 is 10.6 Å². The van der Waals surface area contributed by atoms with Gasteiger partial charge in [0.05, 0.1) is 0 Å². The Morgan fingerprint density at radius 2 is 1.25 bits per heavy atom. The first-order valence-corrected chi connectivity index (χ1v) is 9.30. The maximum absolute atomic E-state index is 5.05. The van der Waals surface area contributed by atoms with Gasteiger partial charge in [-0.05, 0) is 23.5 Å². The lowest BCUT2D eigenvalue weighted by molar-refractivity contribution is 0.886. The van der Waals surface area contributed by atoms with E-state index in [2.05, 4.69) is 60.7 Å². The van der Waals surface area contributed by atoms with Crippen LogP contribution in [0, 0.1) is 0 Å². The van der Waals surface area contributed by atoms with Gasteiger partial charge in [-0.2, -0.15) is 0 Å². The van der Waals surface area contributed by atoms with Crippen LogP contribution in [0.25, 0.3) is 0 Å². The van der Waals surface area contributed by atoms with E-state index in [1.54, 1.807) is 0 Å². The summed E-state index contributed by atoms with van der Waals surface area (Å²) in [5, 5.41) is 2.89. The average molecular weight is 283 g/mol. The zero-order chi connectivity index (χ0) is 13.8. The zero-order valence-corrected chi connectivity index (χ0v) is 13.0. The summed E-state index contributed by atoms with van der Waals surface area (Å²) in [5.74, 6) is 0. The van der Waals surface area contributed by atoms with Crippen LogP contribution in [0.3, 0.4) is 0 Å². The molecule has 104 valence electrons. The molecule has 1 saturated carbocycles. The second kappa shape index (κ2) is 5.97. The van der Waals surface area contributed by atoms with E-state index in [0.717, 1.165) is 5.66 Å². The largest absolute Gasteiger partial charge is 0.297 e. The van der Waals surface area contributed by atoms with Crippen molar-refractivity contribution >= 4 is 17.7 Å². The predicted octanol–water partition coefficient (Wildman–Crippen LogP) is 4.41. The fourth-order valence-corrected chi connectivity index (χ4v) is 7.85. The molecule has 0 aliphatic heterocycles. The van der Waals surface area contributed by atoms with Crippen molar-refractivity contribution in [1.82, 2.24) is 0 Å². The third kappa shape index (κ3) is 2.25. The number of hydrogen-bond acceptors (Lipinski definition) is 1. The SMILES string of the molecule is CN=P(c1ccccc1)(c1ccccc1)C1CCCC1. The van der Waals surface area contributed by atoms with E-state index < -0.39 is 7.05 Å². The molecule has 2 aromatic carbocycles. The molecule has 0 aromatic heterocycles. The minimum Gasteiger partial charge on any atom is -0.297 e. The molecular weight excluding hydrogens is 261 g/mol. The second-order valence-corrected chi connectivity index (χ2v) is 9.03. The maximum Gasteiger partial charge on any atom is 0.0298 e. The van der Waals surface area contributed by atoms with Gasteiger partial charge in [-0.1, -0.05) is 73.5 Å². The summed E-state index contributed by atoms with van der Waals surface area (Å²) < 4.78 is 5.05. The quantitative estimate of drug-likeness (QED) is 0.740. The van der Waals surface area contributed by atoms with Gasteiger partial charge in [0.25, 0.3) is 0 Å². The van der Waals surface area contributed by atoms with Gasteiger partial charge in [-0.15, -0.1) is 0 Å². The van der Waals surface area contributed by atoms with E-state index in [4.69, 9.17) is 4.74 Å². The average Bonchev–Trinajstić information content (AvgIpc) is 3.06. The lowest BCUT2D eigenvalue weighted by Gasteiger charge is -2.31. The standard InChI is InChI=1S/C18H22NP/c1-19-20(18-14-8-9-15-18,16-10-4-2-5-11-16)17-12-6-3-7-13-17/h2-7,10-13,18H,8-9,14-15H2,1H3. The smallest absolute Gasteiger partial charge is 0.0298 e. The van der Waals surface area contributed by atoms with Crippen molar-refractivity contribution in [3.05, 3.63) is 60.7 Å². The molecule has 1 nitrogen and oxygen atoms in total. The highest BCUT2D eigenvalue weighted by atomic mass is 31.2. The Labute approximate surface area is 122 Å². The molecule has 0 unspecified atom stereocenters. The predicted molar refractivity (Wildman–Crippen MR) is 89.7 cm³/mol. The lowest BCUT2D eigenvalue weighted by Crippen LogP contribution is -2.24. The van der Waals surface area contributed by atoms with Gasteiger partial charge in [-0.25, -0.2) is 0 Å². The fourth-order valence-electron chi connectivity index (χ4n) is 3.55. The Bertz CT molecular complexity index is 554. The van der Waals surface area contributed by atoms with E-state index in [-0.39, 0.29) is 0 Å². The zero-order valence-electron chi connectivity index (χ0n) is 12.1. The Hall–Kier alpha value is -1.33. The topological polar surface area (TPSA) is 12.4 Å². The molecule has 1 aliphatic carbocycles. The van der Waals surface area contributed by atoms with Gasteiger partial charge in [0, 0.05) is 19.8 Å². The monoisotopic (exact) mass is 283 g/mol. The number of hydrogen-bond donors (Lipinski definition) is 0. The highest BCUT2D eigenvalue weighted by Crippen LogP contribution is 2.56. The summed E-state index contributed by atoms with van der Waals surface area (Å²) in [6, 6.07) is 22.0. The second-order valence-electron chi connectivity index (χ2n) is 5.49. The van der Waals surface area contributed by atoms with Gasteiger partial charge in [0.15, 0.2) is 0 Å². The molecule has 0 bridgehead atoms. The Morgan fingerprint density at radius 1 is 0.800 bits per heavy atom. The molecule has 0 N–H and O–H groups in total. The van der Waals surface area contributed by atoms with Crippen LogP contribution in [0.4, 0.5) is 0 Å². The van der Waals surface area contributed by atoms with E-state index >= 15 is 0 Å². The molecule has 0 heterocycles. The molecular formula is C18H22NP. The van der Waals surface area contributed by atoms with E-state index in [1.165, 1.54) is 36.3 Å². The van der Waals surface area contributed by atoms with Crippen molar-refractivity contribution in [3.63, 3.8) is 0 Å². The molecule has 0 saturated heterocycles. The summed E-state index contributed by atoms with van der Waals surface area (Å²) in [5.41, 5.74) is 0.734. The van der Waals surface area contributed by atoms with Crippen LogP contribution in [0.2, 0.25) is 0 Å². The Kier molecular flexibility index (Phi) is 4.08. The fraction of sp³-hybridized carbons (Fsp3) is 0.333. The normalized spacial score (nSPS) is 16.2. The lowest BCUT2D eigenvalue weighted by atomic mass is 10.3. The molecule has 3 rings (SSSR count). The number of rotatable bonds is 3. The third-order valence-corrected chi connectivity index (χ3v) is 8.84. The van der Waals surface area contributed by atoms with Gasteiger partial charge in [0.2, 0.25) is 0 Å². The summed E-state index contributed by atoms with van der Waals surface area (Å²) in [4.78, 5) is 0. The molecule has 1 fully saturated rings. The van der Waals surface area contributed by atoms with Crippen molar-refractivity contribution in [2.24, 2.45) is 4.74 Å². The van der Waals surface area contributed by atoms with Crippen molar-refractivity contribution in [2.75, 3.05) is 7.05 Å². The number of benzene rings is 2. The summed E-state index contributed by atoms with van der Waals surface area (Å²) >= 11 is 0. The van der Waals surface area contributed by atoms with Gasteiger partial charge >= 0.3 is 0 Å². The first-order valence-electron chi connectivity index (χ1n) is 7.49. The van der Waals surface area contributed by atoms with Crippen LogP contribution >= 0.6 is 7.05 Å². The molecule has 1 aliphatic rings. The molecule has 0 amide bonds. The first-order chi connectivity index (χ1) is 9.88. The van der Waals surface area contributed by atoms with Crippen LogP contribution in [0.15, 0.2) is 65.4 Å². The Balaban J connectivity index is 2.22. The van der Waals surface area contributed by atoms with E-state index in [9.17, 15) is 0 Å². The molecule has 0 atom stereocenters. The van der Waals surface area contributed by atoms with Crippen LogP contribution in [0.1, 0.15) is 25.7 Å². The van der Waals surface area contributed by atoms with Crippen LogP contribution in [-0.2, 0) is 0 Å². The van der Waals surface area contributed by atoms with Crippen molar-refractivity contribution < 1.29 is 0 Å². The summed E-state index contributed by atoms with van der Waals surface area (Å²) in [7, 11) is 0.429. The van der Waals surface area contributed by atoms with Crippen molar-refractivity contribution in [2.45, 2.75) is 31.3 Å². The minimum absolute atomic E-state index is 0.734. The highest BCUT2D eigenvalue weighted by Gasteiger charge is 2.34. The third-order valence-electron chi connectivity index (χ3n) is 4.47. The Morgan fingerprint density at radius 3 is 1.65 bits per heavy atom. The van der Waals surface area contributed by atoms with Gasteiger partial charge < -0.3 is 0 Å². The van der Waals surface area contributed by atoms with E-state index in [0.29, 0.717) is 0 Å². The minimum atomic E-state index is -1.60. The number of nitrogens with zero attached hydrogens (tertiary/aromatic N) is 1. The van der Waals surface area contributed by atoms with E-state index in [1.807, 2.05) is 7.05 Å². The maximum atomic E-state index is 5.05. The van der Waals surface area contributed by atoms with Gasteiger partial charge in [0.1, 0.15) is 0 Å². The molecule has 2 aromatic rings. The summed E-state index contributed by atoms with van der Waals surface area (Å²) in [6.45, 7) is 0. The molecule has 2 heteroatoms. The van der Waals surface area contributed by atoms with Crippen molar-refractivity contribution in [1.29, 1.82) is 0 Å².